The van der Waals surface area contributed by atoms with Gasteiger partial charge in [0, 0.05) is 18.8 Å². The number of carbonyl (C=O) groups excluding carboxylic acids is 2. The molecule has 0 aliphatic carbocycles. The summed E-state index contributed by atoms with van der Waals surface area (Å²) in [6.45, 7) is 0.850. The summed E-state index contributed by atoms with van der Waals surface area (Å²) in [5, 5.41) is 2.66. The molecule has 0 unspecified atom stereocenters. The zero-order chi connectivity index (χ0) is 21.6. The van der Waals surface area contributed by atoms with Crippen LogP contribution in [0.1, 0.15) is 29.6 Å². The number of ether oxygens (including phenoxy) is 2. The number of hydrogen-bond donors (Lipinski definition) is 1. The largest absolute Gasteiger partial charge is 0.484 e. The number of methoxy groups -OCH3 is 1. The van der Waals surface area contributed by atoms with Gasteiger partial charge in [0.15, 0.2) is 6.61 Å². The fourth-order valence-electron chi connectivity index (χ4n) is 3.12. The van der Waals surface area contributed by atoms with Crippen LogP contribution < -0.4 is 10.1 Å². The van der Waals surface area contributed by atoms with Crippen LogP contribution in [0.4, 0.5) is 5.69 Å². The van der Waals surface area contributed by atoms with Gasteiger partial charge in [0.1, 0.15) is 5.75 Å². The Hall–Kier alpha value is -2.91. The van der Waals surface area contributed by atoms with E-state index in [1.54, 1.807) is 36.4 Å². The van der Waals surface area contributed by atoms with Crippen molar-refractivity contribution in [2.75, 3.05) is 32.1 Å². The lowest BCUT2D eigenvalue weighted by Crippen LogP contribution is -2.35. The molecule has 0 spiro atoms. The van der Waals surface area contributed by atoms with Crippen molar-refractivity contribution in [1.82, 2.24) is 4.31 Å². The van der Waals surface area contributed by atoms with Crippen molar-refractivity contribution in [2.24, 2.45) is 0 Å². The van der Waals surface area contributed by atoms with E-state index in [1.165, 1.54) is 23.5 Å². The average Bonchev–Trinajstić information content (AvgIpc) is 2.78. The summed E-state index contributed by atoms with van der Waals surface area (Å²) in [6, 6.07) is 12.3. The molecule has 0 atom stereocenters. The van der Waals surface area contributed by atoms with Gasteiger partial charge in [0.2, 0.25) is 10.0 Å². The summed E-state index contributed by atoms with van der Waals surface area (Å²) in [5.74, 6) is -0.413. The van der Waals surface area contributed by atoms with Crippen LogP contribution in [0.3, 0.4) is 0 Å². The number of rotatable bonds is 7. The Balaban J connectivity index is 1.53. The van der Waals surface area contributed by atoms with Crippen LogP contribution in [0.15, 0.2) is 53.4 Å². The molecule has 1 fully saturated rings. The molecule has 1 amide bonds. The van der Waals surface area contributed by atoms with E-state index >= 15 is 0 Å². The molecule has 2 aromatic rings. The molecular weight excluding hydrogens is 408 g/mol. The lowest BCUT2D eigenvalue weighted by molar-refractivity contribution is -0.118. The van der Waals surface area contributed by atoms with Gasteiger partial charge in [-0.15, -0.1) is 0 Å². The monoisotopic (exact) mass is 432 g/mol. The molecule has 1 aliphatic rings. The Morgan fingerprint density at radius 3 is 2.20 bits per heavy atom. The number of nitrogens with one attached hydrogen (secondary N) is 1. The lowest BCUT2D eigenvalue weighted by Gasteiger charge is -2.25. The van der Waals surface area contributed by atoms with Crippen LogP contribution >= 0.6 is 0 Å². The summed E-state index contributed by atoms with van der Waals surface area (Å²) < 4.78 is 36.8. The van der Waals surface area contributed by atoms with Crippen LogP contribution in [-0.4, -0.2) is 51.4 Å². The predicted octanol–water partition coefficient (Wildman–Crippen LogP) is 2.67. The molecule has 8 nitrogen and oxygen atoms in total. The number of benzene rings is 2. The van der Waals surface area contributed by atoms with Gasteiger partial charge in [0.05, 0.1) is 17.6 Å². The van der Waals surface area contributed by atoms with Crippen LogP contribution in [0.25, 0.3) is 0 Å². The van der Waals surface area contributed by atoms with E-state index in [-0.39, 0.29) is 11.5 Å². The van der Waals surface area contributed by atoms with E-state index in [2.05, 4.69) is 10.1 Å². The van der Waals surface area contributed by atoms with Crippen LogP contribution in [0.5, 0.6) is 5.75 Å². The molecule has 0 aromatic heterocycles. The average molecular weight is 432 g/mol. The first-order chi connectivity index (χ1) is 14.4. The number of sulfonamides is 1. The number of nitrogens with zero attached hydrogens (tertiary/aromatic N) is 1. The van der Waals surface area contributed by atoms with Gasteiger partial charge >= 0.3 is 5.97 Å². The minimum Gasteiger partial charge on any atom is -0.484 e. The lowest BCUT2D eigenvalue weighted by atomic mass is 10.2. The molecule has 1 aliphatic heterocycles. The van der Waals surface area contributed by atoms with E-state index in [9.17, 15) is 18.0 Å². The molecule has 1 saturated heterocycles. The topological polar surface area (TPSA) is 102 Å². The van der Waals surface area contributed by atoms with Crippen molar-refractivity contribution in [3.63, 3.8) is 0 Å². The summed E-state index contributed by atoms with van der Waals surface area (Å²) in [7, 11) is -2.20. The van der Waals surface area contributed by atoms with Gasteiger partial charge in [-0.1, -0.05) is 6.42 Å². The number of hydrogen-bond acceptors (Lipinski definition) is 6. The van der Waals surface area contributed by atoms with Gasteiger partial charge in [-0.05, 0) is 61.4 Å². The highest BCUT2D eigenvalue weighted by Crippen LogP contribution is 2.22. The highest BCUT2D eigenvalue weighted by atomic mass is 32.2. The van der Waals surface area contributed by atoms with Gasteiger partial charge in [-0.3, -0.25) is 4.79 Å². The van der Waals surface area contributed by atoms with Gasteiger partial charge in [0.25, 0.3) is 5.91 Å². The van der Waals surface area contributed by atoms with Crippen molar-refractivity contribution in [1.29, 1.82) is 0 Å². The molecule has 1 heterocycles. The number of anilines is 1. The first-order valence-electron chi connectivity index (χ1n) is 9.61. The Labute approximate surface area is 175 Å². The maximum atomic E-state index is 12.7. The quantitative estimate of drug-likeness (QED) is 0.675. The molecule has 0 bridgehead atoms. The minimum atomic E-state index is -3.50. The maximum Gasteiger partial charge on any atom is 0.337 e. The van der Waals surface area contributed by atoms with Crippen LogP contribution in [-0.2, 0) is 19.6 Å². The second-order valence-corrected chi connectivity index (χ2v) is 8.78. The number of piperidine rings is 1. The molecule has 0 radical (unpaired) electrons. The molecule has 9 heteroatoms. The third-order valence-corrected chi connectivity index (χ3v) is 6.65. The Bertz CT molecular complexity index is 981. The molecule has 0 saturated carbocycles. The Morgan fingerprint density at radius 2 is 1.60 bits per heavy atom. The smallest absolute Gasteiger partial charge is 0.337 e. The summed E-state index contributed by atoms with van der Waals surface area (Å²) in [6.07, 6.45) is 2.80. The third kappa shape index (κ3) is 5.37. The Morgan fingerprint density at radius 1 is 0.967 bits per heavy atom. The molecule has 160 valence electrons. The van der Waals surface area contributed by atoms with Crippen LogP contribution in [0, 0.1) is 0 Å². The predicted molar refractivity (Wildman–Crippen MR) is 111 cm³/mol. The minimum absolute atomic E-state index is 0.212. The second-order valence-electron chi connectivity index (χ2n) is 6.84. The fraction of sp³-hybridized carbons (Fsp3) is 0.333. The van der Waals surface area contributed by atoms with Crippen molar-refractivity contribution in [3.8, 4) is 5.75 Å². The number of esters is 1. The Kier molecular flexibility index (Phi) is 7.07. The number of amides is 1. The summed E-state index contributed by atoms with van der Waals surface area (Å²) in [5.41, 5.74) is 0.858. The standard InChI is InChI=1S/C21H24N2O6S/c1-28-21(25)16-5-9-18(10-6-16)29-15-20(24)22-17-7-11-19(12-8-17)30(26,27)23-13-3-2-4-14-23/h5-12H,2-4,13-15H2,1H3,(H,22,24). The van der Waals surface area contributed by atoms with Gasteiger partial charge < -0.3 is 14.8 Å². The normalized spacial score (nSPS) is 14.7. The summed E-state index contributed by atoms with van der Waals surface area (Å²) >= 11 is 0. The van der Waals surface area contributed by atoms with Gasteiger partial charge in [-0.25, -0.2) is 13.2 Å². The molecule has 3 rings (SSSR count). The highest BCUT2D eigenvalue weighted by Gasteiger charge is 2.25. The van der Waals surface area contributed by atoms with E-state index < -0.39 is 21.9 Å². The first-order valence-corrected chi connectivity index (χ1v) is 11.1. The van der Waals surface area contributed by atoms with Crippen molar-refractivity contribution in [3.05, 3.63) is 54.1 Å². The second kappa shape index (κ2) is 9.73. The van der Waals surface area contributed by atoms with E-state index in [1.807, 2.05) is 0 Å². The van der Waals surface area contributed by atoms with E-state index in [0.29, 0.717) is 30.1 Å². The van der Waals surface area contributed by atoms with E-state index in [0.717, 1.165) is 19.3 Å². The summed E-state index contributed by atoms with van der Waals surface area (Å²) in [4.78, 5) is 23.7. The van der Waals surface area contributed by atoms with Gasteiger partial charge in [-0.2, -0.15) is 4.31 Å². The zero-order valence-electron chi connectivity index (χ0n) is 16.7. The van der Waals surface area contributed by atoms with E-state index in [4.69, 9.17) is 4.74 Å². The maximum absolute atomic E-state index is 12.7. The number of carbonyl (C=O) groups is 2. The van der Waals surface area contributed by atoms with Crippen molar-refractivity contribution in [2.45, 2.75) is 24.2 Å². The fourth-order valence-corrected chi connectivity index (χ4v) is 4.63. The van der Waals surface area contributed by atoms with Crippen molar-refractivity contribution < 1.29 is 27.5 Å². The molecule has 1 N–H and O–H groups in total. The molecule has 2 aromatic carbocycles. The molecular formula is C21H24N2O6S. The van der Waals surface area contributed by atoms with Crippen molar-refractivity contribution >= 4 is 27.6 Å². The van der Waals surface area contributed by atoms with Crippen LogP contribution in [0.2, 0.25) is 0 Å². The zero-order valence-corrected chi connectivity index (χ0v) is 17.5. The first kappa shape index (κ1) is 21.8. The SMILES string of the molecule is COC(=O)c1ccc(OCC(=O)Nc2ccc(S(=O)(=O)N3CCCCC3)cc2)cc1. The molecule has 30 heavy (non-hydrogen) atoms. The third-order valence-electron chi connectivity index (χ3n) is 4.74. The highest BCUT2D eigenvalue weighted by molar-refractivity contribution is 7.89.